The Kier molecular flexibility index (Phi) is 5.62. The van der Waals surface area contributed by atoms with Crippen LogP contribution in [-0.4, -0.2) is 27.1 Å². The summed E-state index contributed by atoms with van der Waals surface area (Å²) in [5.41, 5.74) is 3.25. The number of hydrogen-bond acceptors (Lipinski definition) is 3. The second kappa shape index (κ2) is 7.49. The Morgan fingerprint density at radius 1 is 1.12 bits per heavy atom. The van der Waals surface area contributed by atoms with E-state index >= 15 is 0 Å². The number of aryl methyl sites for hydroxylation is 2. The Morgan fingerprint density at radius 3 is 2.33 bits per heavy atom. The van der Waals surface area contributed by atoms with E-state index in [1.165, 1.54) is 0 Å². The van der Waals surface area contributed by atoms with Gasteiger partial charge in [0, 0.05) is 5.69 Å². The molecule has 128 valence electrons. The van der Waals surface area contributed by atoms with E-state index in [-0.39, 0.29) is 12.5 Å². The van der Waals surface area contributed by atoms with Gasteiger partial charge in [-0.05, 0) is 48.7 Å². The summed E-state index contributed by atoms with van der Waals surface area (Å²) in [6.07, 6.45) is 1.97. The number of benzene rings is 2. The quantitative estimate of drug-likeness (QED) is 0.874. The number of hydrogen-bond donors (Lipinski definition) is 1. The summed E-state index contributed by atoms with van der Waals surface area (Å²) < 4.78 is 25.3. The molecule has 5 nitrogen and oxygen atoms in total. The molecule has 1 amide bonds. The predicted molar refractivity (Wildman–Crippen MR) is 97.8 cm³/mol. The number of rotatable bonds is 6. The number of amides is 1. The van der Waals surface area contributed by atoms with Crippen LogP contribution in [-0.2, 0) is 21.2 Å². The van der Waals surface area contributed by atoms with Crippen LogP contribution in [0, 0.1) is 6.92 Å². The summed E-state index contributed by atoms with van der Waals surface area (Å²) in [6.45, 7) is 3.69. The molecule has 0 aromatic heterocycles. The van der Waals surface area contributed by atoms with Crippen LogP contribution >= 0.6 is 0 Å². The fourth-order valence-electron chi connectivity index (χ4n) is 2.35. The number of nitrogens with one attached hydrogen (secondary N) is 1. The summed E-state index contributed by atoms with van der Waals surface area (Å²) in [4.78, 5) is 12.3. The van der Waals surface area contributed by atoms with Crippen molar-refractivity contribution in [1.29, 1.82) is 0 Å². The first kappa shape index (κ1) is 18.0. The molecule has 0 bridgehead atoms. The van der Waals surface area contributed by atoms with E-state index in [2.05, 4.69) is 5.32 Å². The number of carbonyl (C=O) groups is 1. The molecule has 0 spiro atoms. The molecule has 0 saturated heterocycles. The van der Waals surface area contributed by atoms with E-state index in [1.54, 1.807) is 18.2 Å². The molecule has 2 rings (SSSR count). The minimum Gasteiger partial charge on any atom is -0.325 e. The van der Waals surface area contributed by atoms with Gasteiger partial charge in [0.15, 0.2) is 0 Å². The van der Waals surface area contributed by atoms with E-state index in [9.17, 15) is 13.2 Å². The Balaban J connectivity index is 2.18. The first-order valence-electron chi connectivity index (χ1n) is 7.73. The third-order valence-electron chi connectivity index (χ3n) is 3.62. The van der Waals surface area contributed by atoms with Gasteiger partial charge in [-0.3, -0.25) is 9.10 Å². The first-order chi connectivity index (χ1) is 11.3. The lowest BCUT2D eigenvalue weighted by Crippen LogP contribution is -2.37. The van der Waals surface area contributed by atoms with Crippen LogP contribution in [0.3, 0.4) is 0 Å². The van der Waals surface area contributed by atoms with Gasteiger partial charge in [-0.15, -0.1) is 0 Å². The van der Waals surface area contributed by atoms with Gasteiger partial charge >= 0.3 is 0 Å². The molecule has 0 atom stereocenters. The van der Waals surface area contributed by atoms with Gasteiger partial charge in [0.2, 0.25) is 15.9 Å². The molecule has 0 heterocycles. The maximum atomic E-state index is 12.3. The molecule has 24 heavy (non-hydrogen) atoms. The lowest BCUT2D eigenvalue weighted by Gasteiger charge is -2.22. The zero-order valence-electron chi connectivity index (χ0n) is 14.1. The van der Waals surface area contributed by atoms with Crippen molar-refractivity contribution in [1.82, 2.24) is 0 Å². The molecule has 0 unspecified atom stereocenters. The van der Waals surface area contributed by atoms with Gasteiger partial charge in [-0.2, -0.15) is 0 Å². The van der Waals surface area contributed by atoms with Gasteiger partial charge in [-0.1, -0.05) is 31.2 Å². The molecule has 0 radical (unpaired) electrons. The second-order valence-corrected chi connectivity index (χ2v) is 7.61. The molecule has 0 saturated carbocycles. The van der Waals surface area contributed by atoms with Gasteiger partial charge in [0.25, 0.3) is 0 Å². The van der Waals surface area contributed by atoms with E-state index in [4.69, 9.17) is 0 Å². The highest BCUT2D eigenvalue weighted by Crippen LogP contribution is 2.19. The van der Waals surface area contributed by atoms with Crippen molar-refractivity contribution in [3.05, 3.63) is 59.7 Å². The van der Waals surface area contributed by atoms with Gasteiger partial charge < -0.3 is 5.32 Å². The maximum Gasteiger partial charge on any atom is 0.245 e. The summed E-state index contributed by atoms with van der Waals surface area (Å²) in [5.74, 6) is -0.384. The zero-order valence-corrected chi connectivity index (χ0v) is 14.9. The van der Waals surface area contributed by atoms with Crippen molar-refractivity contribution in [2.45, 2.75) is 20.3 Å². The summed E-state index contributed by atoms with van der Waals surface area (Å²) in [5, 5.41) is 2.73. The summed E-state index contributed by atoms with van der Waals surface area (Å²) >= 11 is 0. The third-order valence-corrected chi connectivity index (χ3v) is 4.76. The van der Waals surface area contributed by atoms with E-state index < -0.39 is 10.0 Å². The van der Waals surface area contributed by atoms with Crippen molar-refractivity contribution in [3.8, 4) is 0 Å². The molecular weight excluding hydrogens is 324 g/mol. The zero-order chi connectivity index (χ0) is 17.7. The minimum absolute atomic E-state index is 0.266. The van der Waals surface area contributed by atoms with E-state index in [0.717, 1.165) is 28.1 Å². The minimum atomic E-state index is -3.56. The highest BCUT2D eigenvalue weighted by molar-refractivity contribution is 7.92. The summed E-state index contributed by atoms with van der Waals surface area (Å²) in [6, 6.07) is 14.5. The number of anilines is 2. The molecule has 0 aliphatic rings. The highest BCUT2D eigenvalue weighted by Gasteiger charge is 2.20. The van der Waals surface area contributed by atoms with Crippen LogP contribution in [0.2, 0.25) is 0 Å². The lowest BCUT2D eigenvalue weighted by molar-refractivity contribution is -0.114. The fourth-order valence-corrected chi connectivity index (χ4v) is 3.21. The predicted octanol–water partition coefficient (Wildman–Crippen LogP) is 2.96. The topological polar surface area (TPSA) is 66.5 Å². The van der Waals surface area contributed by atoms with Crippen molar-refractivity contribution in [2.75, 3.05) is 22.4 Å². The molecular formula is C18H22N2O3S. The SMILES string of the molecule is CCc1ccc(N(CC(=O)Nc2cccc(C)c2)S(C)(=O)=O)cc1. The van der Waals surface area contributed by atoms with Crippen LogP contribution in [0.25, 0.3) is 0 Å². The highest BCUT2D eigenvalue weighted by atomic mass is 32.2. The fraction of sp³-hybridized carbons (Fsp3) is 0.278. The van der Waals surface area contributed by atoms with E-state index in [0.29, 0.717) is 11.4 Å². The lowest BCUT2D eigenvalue weighted by atomic mass is 10.1. The Labute approximate surface area is 143 Å². The van der Waals surface area contributed by atoms with Crippen molar-refractivity contribution < 1.29 is 13.2 Å². The number of nitrogens with zero attached hydrogens (tertiary/aromatic N) is 1. The monoisotopic (exact) mass is 346 g/mol. The van der Waals surface area contributed by atoms with Crippen molar-refractivity contribution in [3.63, 3.8) is 0 Å². The molecule has 1 N–H and O–H groups in total. The van der Waals surface area contributed by atoms with Crippen molar-refractivity contribution >= 4 is 27.3 Å². The average Bonchev–Trinajstić information content (AvgIpc) is 2.52. The Morgan fingerprint density at radius 2 is 1.79 bits per heavy atom. The molecule has 2 aromatic rings. The normalized spacial score (nSPS) is 11.1. The Hall–Kier alpha value is -2.34. The van der Waals surface area contributed by atoms with E-state index in [1.807, 2.05) is 44.2 Å². The number of carbonyl (C=O) groups excluding carboxylic acids is 1. The first-order valence-corrected chi connectivity index (χ1v) is 9.57. The smallest absolute Gasteiger partial charge is 0.245 e. The third kappa shape index (κ3) is 4.83. The molecule has 2 aromatic carbocycles. The van der Waals surface area contributed by atoms with Crippen LogP contribution in [0.5, 0.6) is 0 Å². The van der Waals surface area contributed by atoms with Gasteiger partial charge in [0.05, 0.1) is 11.9 Å². The van der Waals surface area contributed by atoms with Crippen molar-refractivity contribution in [2.24, 2.45) is 0 Å². The van der Waals surface area contributed by atoms with Gasteiger partial charge in [0.1, 0.15) is 6.54 Å². The number of sulfonamides is 1. The van der Waals surface area contributed by atoms with Crippen LogP contribution < -0.4 is 9.62 Å². The summed E-state index contributed by atoms with van der Waals surface area (Å²) in [7, 11) is -3.56. The van der Waals surface area contributed by atoms with Crippen LogP contribution in [0.1, 0.15) is 18.1 Å². The largest absolute Gasteiger partial charge is 0.325 e. The van der Waals surface area contributed by atoms with Crippen LogP contribution in [0.4, 0.5) is 11.4 Å². The Bertz CT molecular complexity index is 814. The average molecular weight is 346 g/mol. The second-order valence-electron chi connectivity index (χ2n) is 5.71. The molecule has 6 heteroatoms. The van der Waals surface area contributed by atoms with Crippen LogP contribution in [0.15, 0.2) is 48.5 Å². The van der Waals surface area contributed by atoms with Gasteiger partial charge in [-0.25, -0.2) is 8.42 Å². The maximum absolute atomic E-state index is 12.3. The molecule has 0 aliphatic carbocycles. The molecule has 0 fully saturated rings. The molecule has 0 aliphatic heterocycles. The standard InChI is InChI=1S/C18H22N2O3S/c1-4-15-8-10-17(11-9-15)20(24(3,22)23)13-18(21)19-16-7-5-6-14(2)12-16/h5-12H,4,13H2,1-3H3,(H,19,21).